The van der Waals surface area contributed by atoms with E-state index in [0.29, 0.717) is 13.1 Å². The van der Waals surface area contributed by atoms with Crippen LogP contribution in [0.15, 0.2) is 24.3 Å². The van der Waals surface area contributed by atoms with Crippen molar-refractivity contribution in [1.29, 1.82) is 0 Å². The van der Waals surface area contributed by atoms with Crippen LogP contribution in [-0.4, -0.2) is 30.4 Å². The lowest BCUT2D eigenvalue weighted by atomic mass is 10.1. The molecule has 0 heterocycles. The Morgan fingerprint density at radius 3 is 2.37 bits per heavy atom. The van der Waals surface area contributed by atoms with Gasteiger partial charge < -0.3 is 5.32 Å². The third-order valence-electron chi connectivity index (χ3n) is 3.18. The number of carbonyl (C=O) groups excluding carboxylic acids is 1. The van der Waals surface area contributed by atoms with Gasteiger partial charge in [0.25, 0.3) is 0 Å². The molecule has 0 spiro atoms. The van der Waals surface area contributed by atoms with Gasteiger partial charge in [0.15, 0.2) is 0 Å². The molecular weight excluding hydrogens is 236 g/mol. The first-order valence-corrected chi connectivity index (χ1v) is 7.21. The Morgan fingerprint density at radius 2 is 1.79 bits per heavy atom. The number of benzene rings is 1. The number of carbonyl (C=O) groups is 1. The molecule has 0 unspecified atom stereocenters. The lowest BCUT2D eigenvalue weighted by Crippen LogP contribution is -2.37. The van der Waals surface area contributed by atoms with Crippen LogP contribution in [0.25, 0.3) is 0 Å². The first kappa shape index (κ1) is 15.7. The number of aryl methyl sites for hydroxylation is 1. The number of nitrogens with zero attached hydrogens (tertiary/aromatic N) is 1. The maximum Gasteiger partial charge on any atom is 0.234 e. The zero-order valence-electron chi connectivity index (χ0n) is 12.4. The van der Waals surface area contributed by atoms with Crippen molar-refractivity contribution in [2.45, 2.75) is 40.2 Å². The average molecular weight is 262 g/mol. The number of hydrogen-bond acceptors (Lipinski definition) is 2. The molecule has 0 saturated heterocycles. The van der Waals surface area contributed by atoms with Crippen LogP contribution in [-0.2, 0) is 11.3 Å². The predicted octanol–water partition coefficient (Wildman–Crippen LogP) is 2.73. The molecule has 0 radical (unpaired) electrons. The Kier molecular flexibility index (Phi) is 7.19. The summed E-state index contributed by atoms with van der Waals surface area (Å²) in [5.74, 6) is 0.116. The van der Waals surface area contributed by atoms with E-state index >= 15 is 0 Å². The molecule has 0 aliphatic heterocycles. The minimum atomic E-state index is 0.116. The van der Waals surface area contributed by atoms with Crippen LogP contribution in [0.5, 0.6) is 0 Å². The summed E-state index contributed by atoms with van der Waals surface area (Å²) in [5, 5.41) is 3.01. The highest BCUT2D eigenvalue weighted by molar-refractivity contribution is 5.78. The molecule has 1 aromatic carbocycles. The van der Waals surface area contributed by atoms with Gasteiger partial charge in [-0.15, -0.1) is 0 Å². The molecule has 0 aromatic heterocycles. The molecule has 0 fully saturated rings. The van der Waals surface area contributed by atoms with Gasteiger partial charge in [-0.05, 0) is 44.0 Å². The van der Waals surface area contributed by atoms with Gasteiger partial charge in [-0.1, -0.05) is 38.1 Å². The third-order valence-corrected chi connectivity index (χ3v) is 3.18. The fourth-order valence-corrected chi connectivity index (χ4v) is 2.16. The van der Waals surface area contributed by atoms with Crippen molar-refractivity contribution < 1.29 is 4.79 Å². The summed E-state index contributed by atoms with van der Waals surface area (Å²) >= 11 is 0. The summed E-state index contributed by atoms with van der Waals surface area (Å²) in [7, 11) is 0. The van der Waals surface area contributed by atoms with Crippen LogP contribution in [0.4, 0.5) is 0 Å². The summed E-state index contributed by atoms with van der Waals surface area (Å²) in [4.78, 5) is 14.2. The second kappa shape index (κ2) is 8.70. The molecule has 0 saturated carbocycles. The molecule has 1 aromatic rings. The first-order valence-electron chi connectivity index (χ1n) is 7.21. The van der Waals surface area contributed by atoms with Crippen molar-refractivity contribution in [2.24, 2.45) is 0 Å². The van der Waals surface area contributed by atoms with Crippen molar-refractivity contribution in [1.82, 2.24) is 10.2 Å². The quantitative estimate of drug-likeness (QED) is 0.781. The normalized spacial score (nSPS) is 10.7. The molecule has 19 heavy (non-hydrogen) atoms. The Labute approximate surface area is 117 Å². The molecule has 3 nitrogen and oxygen atoms in total. The number of rotatable bonds is 8. The van der Waals surface area contributed by atoms with E-state index in [1.807, 2.05) is 12.1 Å². The molecule has 0 aliphatic carbocycles. The third kappa shape index (κ3) is 5.88. The zero-order valence-corrected chi connectivity index (χ0v) is 12.4. The van der Waals surface area contributed by atoms with Gasteiger partial charge in [0.1, 0.15) is 0 Å². The van der Waals surface area contributed by atoms with Gasteiger partial charge in [-0.3, -0.25) is 9.69 Å². The van der Waals surface area contributed by atoms with E-state index in [9.17, 15) is 4.79 Å². The Bertz CT molecular complexity index is 384. The summed E-state index contributed by atoms with van der Waals surface area (Å²) in [6.07, 6.45) is 2.18. The van der Waals surface area contributed by atoms with E-state index in [1.54, 1.807) is 0 Å². The summed E-state index contributed by atoms with van der Waals surface area (Å²) < 4.78 is 0. The topological polar surface area (TPSA) is 32.3 Å². The molecule has 1 amide bonds. The van der Waals surface area contributed by atoms with E-state index in [1.165, 1.54) is 11.1 Å². The van der Waals surface area contributed by atoms with Gasteiger partial charge in [0, 0.05) is 6.54 Å². The standard InChI is InChI=1S/C16H26N2O/c1-4-10-18(11-5-2)13-16(19)17-12-15-9-7-6-8-14(15)3/h6-9H,4-5,10-13H2,1-3H3,(H,17,19). The summed E-state index contributed by atoms with van der Waals surface area (Å²) in [6.45, 7) is 9.48. The van der Waals surface area contributed by atoms with Crippen LogP contribution in [0.1, 0.15) is 37.8 Å². The van der Waals surface area contributed by atoms with Gasteiger partial charge in [-0.25, -0.2) is 0 Å². The van der Waals surface area contributed by atoms with Crippen LogP contribution in [0, 0.1) is 6.92 Å². The Balaban J connectivity index is 2.40. The van der Waals surface area contributed by atoms with Crippen LogP contribution in [0.2, 0.25) is 0 Å². The second-order valence-corrected chi connectivity index (χ2v) is 4.98. The van der Waals surface area contributed by atoms with E-state index in [2.05, 4.69) is 43.1 Å². The molecule has 0 aliphatic rings. The number of amides is 1. The van der Waals surface area contributed by atoms with E-state index in [0.717, 1.165) is 25.9 Å². The molecule has 0 bridgehead atoms. The fraction of sp³-hybridized carbons (Fsp3) is 0.562. The van der Waals surface area contributed by atoms with Crippen molar-refractivity contribution >= 4 is 5.91 Å². The van der Waals surface area contributed by atoms with E-state index in [-0.39, 0.29) is 5.91 Å². The highest BCUT2D eigenvalue weighted by atomic mass is 16.2. The maximum absolute atomic E-state index is 11.9. The predicted molar refractivity (Wildman–Crippen MR) is 80.0 cm³/mol. The van der Waals surface area contributed by atoms with E-state index < -0.39 is 0 Å². The van der Waals surface area contributed by atoms with Gasteiger partial charge in [-0.2, -0.15) is 0 Å². The molecule has 0 atom stereocenters. The lowest BCUT2D eigenvalue weighted by molar-refractivity contribution is -0.122. The number of nitrogens with one attached hydrogen (secondary N) is 1. The van der Waals surface area contributed by atoms with E-state index in [4.69, 9.17) is 0 Å². The maximum atomic E-state index is 11.9. The summed E-state index contributed by atoms with van der Waals surface area (Å²) in [5.41, 5.74) is 2.41. The van der Waals surface area contributed by atoms with Crippen molar-refractivity contribution in [3.63, 3.8) is 0 Å². The number of hydrogen-bond donors (Lipinski definition) is 1. The van der Waals surface area contributed by atoms with Gasteiger partial charge >= 0.3 is 0 Å². The average Bonchev–Trinajstić information content (AvgIpc) is 2.38. The lowest BCUT2D eigenvalue weighted by Gasteiger charge is -2.20. The first-order chi connectivity index (χ1) is 9.17. The Morgan fingerprint density at radius 1 is 1.16 bits per heavy atom. The fourth-order valence-electron chi connectivity index (χ4n) is 2.16. The van der Waals surface area contributed by atoms with Crippen molar-refractivity contribution in [2.75, 3.05) is 19.6 Å². The van der Waals surface area contributed by atoms with Gasteiger partial charge in [0.2, 0.25) is 5.91 Å². The van der Waals surface area contributed by atoms with Crippen LogP contribution < -0.4 is 5.32 Å². The molecule has 1 rings (SSSR count). The SMILES string of the molecule is CCCN(CCC)CC(=O)NCc1ccccc1C. The largest absolute Gasteiger partial charge is 0.351 e. The summed E-state index contributed by atoms with van der Waals surface area (Å²) in [6, 6.07) is 8.16. The van der Waals surface area contributed by atoms with Crippen LogP contribution in [0.3, 0.4) is 0 Å². The Hall–Kier alpha value is -1.35. The molecule has 3 heteroatoms. The monoisotopic (exact) mass is 262 g/mol. The van der Waals surface area contributed by atoms with Crippen molar-refractivity contribution in [3.8, 4) is 0 Å². The zero-order chi connectivity index (χ0) is 14.1. The highest BCUT2D eigenvalue weighted by Gasteiger charge is 2.09. The van der Waals surface area contributed by atoms with Gasteiger partial charge in [0.05, 0.1) is 6.54 Å². The van der Waals surface area contributed by atoms with Crippen LogP contribution >= 0.6 is 0 Å². The van der Waals surface area contributed by atoms with Crippen molar-refractivity contribution in [3.05, 3.63) is 35.4 Å². The highest BCUT2D eigenvalue weighted by Crippen LogP contribution is 2.06. The second-order valence-electron chi connectivity index (χ2n) is 4.98. The molecular formula is C16H26N2O. The minimum absolute atomic E-state index is 0.116. The molecule has 1 N–H and O–H groups in total. The smallest absolute Gasteiger partial charge is 0.234 e. The molecule has 106 valence electrons. The minimum Gasteiger partial charge on any atom is -0.351 e.